The van der Waals surface area contributed by atoms with Gasteiger partial charge in [-0.25, -0.2) is 0 Å². The van der Waals surface area contributed by atoms with Crippen LogP contribution in [0.5, 0.6) is 11.5 Å². The van der Waals surface area contributed by atoms with E-state index in [1.165, 1.54) is 21.9 Å². The fraction of sp³-hybridized carbons (Fsp3) is 0. The minimum atomic E-state index is -0.101. The van der Waals surface area contributed by atoms with Crippen LogP contribution < -0.4 is 62.4 Å². The fourth-order valence-corrected chi connectivity index (χ4v) is 12.2. The van der Waals surface area contributed by atoms with E-state index in [2.05, 4.69) is 292 Å². The van der Waals surface area contributed by atoms with Gasteiger partial charge in [0.15, 0.2) is 0 Å². The van der Waals surface area contributed by atoms with Gasteiger partial charge in [0.05, 0.1) is 11.4 Å². The van der Waals surface area contributed by atoms with E-state index in [0.717, 1.165) is 102 Å². The normalized spacial score (nSPS) is 13.0. The van der Waals surface area contributed by atoms with Crippen molar-refractivity contribution in [3.8, 4) is 11.5 Å². The molecule has 4 heterocycles. The molecule has 4 aliphatic heterocycles. The van der Waals surface area contributed by atoms with E-state index in [9.17, 15) is 0 Å². The number of ether oxygens (including phenoxy) is 1. The van der Waals surface area contributed by atoms with E-state index < -0.39 is 0 Å². The number of fused-ring (bicyclic) bond motifs is 8. The smallest absolute Gasteiger partial charge is 0.256 e. The van der Waals surface area contributed by atoms with Crippen LogP contribution >= 0.6 is 0 Å². The fourth-order valence-electron chi connectivity index (χ4n) is 12.2. The predicted molar refractivity (Wildman–Crippen MR) is 311 cm³/mol. The molecule has 0 radical (unpaired) electrons. The second kappa shape index (κ2) is 17.0. The van der Waals surface area contributed by atoms with Crippen molar-refractivity contribution in [1.82, 2.24) is 0 Å². The predicted octanol–water partition coefficient (Wildman–Crippen LogP) is 13.4. The molecule has 0 atom stereocenters. The lowest BCUT2D eigenvalue weighted by Crippen LogP contribution is -2.64. The largest absolute Gasteiger partial charge is 0.458 e. The first kappa shape index (κ1) is 42.1. The zero-order valence-corrected chi connectivity index (χ0v) is 40.3. The van der Waals surface area contributed by atoms with Crippen molar-refractivity contribution >= 4 is 126 Å². The summed E-state index contributed by atoms with van der Waals surface area (Å²) < 4.78 is 7.01. The van der Waals surface area contributed by atoms with Crippen LogP contribution in [0.2, 0.25) is 0 Å². The molecule has 346 valence electrons. The Labute approximate surface area is 431 Å². The van der Waals surface area contributed by atoms with Crippen molar-refractivity contribution < 1.29 is 4.74 Å². The van der Waals surface area contributed by atoms with Crippen LogP contribution in [0.1, 0.15) is 0 Å². The lowest BCUT2D eigenvalue weighted by molar-refractivity contribution is 0.488. The molecule has 0 spiro atoms. The maximum atomic E-state index is 7.01. The van der Waals surface area contributed by atoms with Crippen molar-refractivity contribution in [1.29, 1.82) is 0 Å². The summed E-state index contributed by atoms with van der Waals surface area (Å²) in [6, 6.07) is 96.5. The number of para-hydroxylation sites is 8. The van der Waals surface area contributed by atoms with Gasteiger partial charge < -0.3 is 29.7 Å². The molecule has 0 fully saturated rings. The Bertz CT molecular complexity index is 3860. The molecule has 6 nitrogen and oxygen atoms in total. The molecule has 0 unspecified atom stereocenters. The molecular formula is C66H45B2N5O. The maximum absolute atomic E-state index is 7.01. The SMILES string of the molecule is c1ccc(N(c2ccccc2)c2cc3c4c(c2)Oc2ccccc2B4c2cc4c(cc2N3)N(c2ccccc2)c2cc(N(c3ccccc3)c3ccccc3)cc3c2B4c2ccccc2N3c2ccccc2)cc1. The van der Waals surface area contributed by atoms with Crippen LogP contribution in [0, 0.1) is 0 Å². The average Bonchev–Trinajstić information content (AvgIpc) is 3.47. The quantitative estimate of drug-likeness (QED) is 0.153. The van der Waals surface area contributed by atoms with Gasteiger partial charge in [-0.1, -0.05) is 152 Å². The third kappa shape index (κ3) is 6.62. The van der Waals surface area contributed by atoms with Gasteiger partial charge >= 0.3 is 0 Å². The Kier molecular flexibility index (Phi) is 9.67. The topological polar surface area (TPSA) is 34.2 Å². The van der Waals surface area contributed by atoms with E-state index >= 15 is 0 Å². The van der Waals surface area contributed by atoms with Gasteiger partial charge in [0.2, 0.25) is 0 Å². The average molecular weight is 946 g/mol. The van der Waals surface area contributed by atoms with Crippen molar-refractivity contribution in [2.24, 2.45) is 0 Å². The Balaban J connectivity index is 1.00. The second-order valence-electron chi connectivity index (χ2n) is 19.3. The minimum Gasteiger partial charge on any atom is -0.458 e. The maximum Gasteiger partial charge on any atom is 0.256 e. The molecule has 8 heteroatoms. The van der Waals surface area contributed by atoms with Gasteiger partial charge in [-0.3, -0.25) is 0 Å². The standard InChI is InChI=1S/C66H45B2N5O/c1-7-23-45(24-8-1)70(46-25-9-2-10-26-46)51-39-58-65-64(42-51)74-63-38-22-20-36-54(63)68(65)55-43-56-60(44-57(55)69-58)73(50-33-17-6-18-34-50)62-41-52(71(47-27-11-3-12-28-47)48-29-13-4-14-30-48)40-61-66(62)67(56)53-35-19-21-37-59(53)72(61)49-31-15-5-16-32-49/h1-44,69H. The third-order valence-electron chi connectivity index (χ3n) is 15.2. The van der Waals surface area contributed by atoms with Crippen molar-refractivity contribution in [2.45, 2.75) is 0 Å². The highest BCUT2D eigenvalue weighted by molar-refractivity contribution is 7.02. The van der Waals surface area contributed by atoms with Gasteiger partial charge in [0.1, 0.15) is 11.5 Å². The van der Waals surface area contributed by atoms with Crippen LogP contribution in [-0.2, 0) is 0 Å². The van der Waals surface area contributed by atoms with Crippen LogP contribution in [0.15, 0.2) is 267 Å². The van der Waals surface area contributed by atoms with Gasteiger partial charge in [-0.2, -0.15) is 0 Å². The molecule has 11 aromatic carbocycles. The highest BCUT2D eigenvalue weighted by Gasteiger charge is 2.47. The van der Waals surface area contributed by atoms with Crippen molar-refractivity contribution in [3.63, 3.8) is 0 Å². The zero-order valence-electron chi connectivity index (χ0n) is 40.3. The molecule has 0 amide bonds. The molecule has 15 rings (SSSR count). The molecule has 1 N–H and O–H groups in total. The van der Waals surface area contributed by atoms with E-state index in [1.54, 1.807) is 0 Å². The minimum absolute atomic E-state index is 0.0965. The first-order valence-corrected chi connectivity index (χ1v) is 25.4. The summed E-state index contributed by atoms with van der Waals surface area (Å²) in [7, 11) is 0. The van der Waals surface area contributed by atoms with Gasteiger partial charge in [-0.05, 0) is 142 Å². The highest BCUT2D eigenvalue weighted by atomic mass is 16.5. The van der Waals surface area contributed by atoms with Crippen molar-refractivity contribution in [2.75, 3.05) is 24.9 Å². The molecule has 0 saturated heterocycles. The third-order valence-corrected chi connectivity index (χ3v) is 15.2. The summed E-state index contributed by atoms with van der Waals surface area (Å²) in [5.41, 5.74) is 22.5. The Hall–Kier alpha value is -9.65. The molecule has 4 aliphatic rings. The molecule has 11 aromatic rings. The number of nitrogens with one attached hydrogen (secondary N) is 1. The van der Waals surface area contributed by atoms with E-state index in [4.69, 9.17) is 4.74 Å². The molecule has 74 heavy (non-hydrogen) atoms. The monoisotopic (exact) mass is 945 g/mol. The number of nitrogens with zero attached hydrogens (tertiary/aromatic N) is 4. The van der Waals surface area contributed by atoms with Gasteiger partial charge in [0, 0.05) is 74.3 Å². The lowest BCUT2D eigenvalue weighted by Gasteiger charge is -2.45. The Morgan fingerprint density at radius 3 is 1.30 bits per heavy atom. The number of hydrogen-bond acceptors (Lipinski definition) is 6. The Morgan fingerprint density at radius 2 is 0.743 bits per heavy atom. The summed E-state index contributed by atoms with van der Waals surface area (Å²) in [5, 5.41) is 4.08. The molecule has 0 aromatic heterocycles. The number of benzene rings is 11. The number of anilines is 14. The van der Waals surface area contributed by atoms with Gasteiger partial charge in [-0.15, -0.1) is 0 Å². The molecule has 0 bridgehead atoms. The number of hydrogen-bond donors (Lipinski definition) is 1. The van der Waals surface area contributed by atoms with E-state index in [1.807, 2.05) is 0 Å². The van der Waals surface area contributed by atoms with Crippen LogP contribution in [-0.4, -0.2) is 13.4 Å². The highest BCUT2D eigenvalue weighted by Crippen LogP contribution is 2.49. The number of rotatable bonds is 8. The van der Waals surface area contributed by atoms with Gasteiger partial charge in [0.25, 0.3) is 13.4 Å². The Morgan fingerprint density at radius 1 is 0.297 bits per heavy atom. The van der Waals surface area contributed by atoms with Crippen LogP contribution in [0.4, 0.5) is 79.6 Å². The summed E-state index contributed by atoms with van der Waals surface area (Å²) in [5.74, 6) is 1.72. The summed E-state index contributed by atoms with van der Waals surface area (Å²) in [6.45, 7) is -0.197. The summed E-state index contributed by atoms with van der Waals surface area (Å²) in [6.07, 6.45) is 0. The lowest BCUT2D eigenvalue weighted by atomic mass is 9.30. The molecule has 0 saturated carbocycles. The van der Waals surface area contributed by atoms with E-state index in [-0.39, 0.29) is 13.4 Å². The van der Waals surface area contributed by atoms with Crippen molar-refractivity contribution in [3.05, 3.63) is 267 Å². The zero-order chi connectivity index (χ0) is 48.7. The first-order valence-electron chi connectivity index (χ1n) is 25.4. The van der Waals surface area contributed by atoms with E-state index in [0.29, 0.717) is 0 Å². The summed E-state index contributed by atoms with van der Waals surface area (Å²) in [4.78, 5) is 9.71. The van der Waals surface area contributed by atoms with Crippen LogP contribution in [0.3, 0.4) is 0 Å². The first-order chi connectivity index (χ1) is 36.7. The summed E-state index contributed by atoms with van der Waals surface area (Å²) >= 11 is 0. The second-order valence-corrected chi connectivity index (χ2v) is 19.3. The molecule has 0 aliphatic carbocycles. The molecular weight excluding hydrogens is 900 g/mol. The van der Waals surface area contributed by atoms with Crippen LogP contribution in [0.25, 0.3) is 0 Å².